The van der Waals surface area contributed by atoms with Crippen molar-refractivity contribution in [2.45, 2.75) is 0 Å². The summed E-state index contributed by atoms with van der Waals surface area (Å²) in [4.78, 5) is 26.0. The number of hydrogen-bond donors (Lipinski definition) is 1. The summed E-state index contributed by atoms with van der Waals surface area (Å²) in [6.07, 6.45) is 0. The highest BCUT2D eigenvalue weighted by molar-refractivity contribution is 9.13. The predicted molar refractivity (Wildman–Crippen MR) is 79.5 cm³/mol. The number of carbonyl (C=O) groups excluding carboxylic acids is 2. The number of morpholine rings is 1. The topological polar surface area (TPSA) is 58.6 Å². The molecular weight excluding hydrogens is 400 g/mol. The van der Waals surface area contributed by atoms with E-state index in [1.54, 1.807) is 11.0 Å². The molecule has 8 heteroatoms. The van der Waals surface area contributed by atoms with E-state index in [-0.39, 0.29) is 18.4 Å². The van der Waals surface area contributed by atoms with Crippen LogP contribution in [0.2, 0.25) is 0 Å². The maximum absolute atomic E-state index is 11.9. The predicted octanol–water partition coefficient (Wildman–Crippen LogP) is 1.86. The molecule has 1 N–H and O–H groups in total. The van der Waals surface area contributed by atoms with Crippen molar-refractivity contribution in [1.82, 2.24) is 10.2 Å². The van der Waals surface area contributed by atoms with Crippen molar-refractivity contribution >= 4 is 55.0 Å². The highest BCUT2D eigenvalue weighted by atomic mass is 79.9. The van der Waals surface area contributed by atoms with E-state index in [1.165, 1.54) is 11.3 Å². The Bertz CT molecular complexity index is 467. The Kier molecular flexibility index (Phi) is 5.37. The molecule has 0 radical (unpaired) electrons. The van der Waals surface area contributed by atoms with E-state index in [9.17, 15) is 9.59 Å². The van der Waals surface area contributed by atoms with E-state index in [0.717, 1.165) is 8.26 Å². The molecule has 0 aliphatic carbocycles. The van der Waals surface area contributed by atoms with Crippen LogP contribution in [0.3, 0.4) is 0 Å². The monoisotopic (exact) mass is 410 g/mol. The van der Waals surface area contributed by atoms with Crippen molar-refractivity contribution in [2.75, 3.05) is 32.8 Å². The van der Waals surface area contributed by atoms with Crippen LogP contribution < -0.4 is 5.32 Å². The molecule has 1 aliphatic rings. The average Bonchev–Trinajstić information content (AvgIpc) is 2.77. The fraction of sp³-hybridized carbons (Fsp3) is 0.455. The van der Waals surface area contributed by atoms with Gasteiger partial charge in [-0.15, -0.1) is 11.3 Å². The van der Waals surface area contributed by atoms with Crippen molar-refractivity contribution in [1.29, 1.82) is 0 Å². The van der Waals surface area contributed by atoms with Crippen LogP contribution in [0.1, 0.15) is 9.67 Å². The average molecular weight is 412 g/mol. The van der Waals surface area contributed by atoms with Crippen molar-refractivity contribution < 1.29 is 14.3 Å². The summed E-state index contributed by atoms with van der Waals surface area (Å²) in [5, 5.41) is 2.63. The molecule has 1 fully saturated rings. The third-order valence-corrected chi connectivity index (χ3v) is 5.89. The van der Waals surface area contributed by atoms with E-state index >= 15 is 0 Å². The standard InChI is InChI=1S/C11H12Br2N2O3S/c12-7-5-8(19-10(7)13)11(17)14-6-9(16)15-1-3-18-4-2-15/h5H,1-4,6H2,(H,14,17). The Hall–Kier alpha value is -0.440. The zero-order chi connectivity index (χ0) is 13.8. The number of amides is 2. The Morgan fingerprint density at radius 3 is 2.63 bits per heavy atom. The van der Waals surface area contributed by atoms with Gasteiger partial charge in [0.15, 0.2) is 0 Å². The van der Waals surface area contributed by atoms with Crippen molar-refractivity contribution in [3.05, 3.63) is 19.2 Å². The number of nitrogens with zero attached hydrogens (tertiary/aromatic N) is 1. The van der Waals surface area contributed by atoms with Gasteiger partial charge in [-0.1, -0.05) is 0 Å². The summed E-state index contributed by atoms with van der Waals surface area (Å²) in [5.74, 6) is -0.315. The molecule has 1 aromatic rings. The molecule has 2 amide bonds. The van der Waals surface area contributed by atoms with E-state index in [2.05, 4.69) is 37.2 Å². The van der Waals surface area contributed by atoms with Crippen LogP contribution in [-0.4, -0.2) is 49.6 Å². The molecule has 1 saturated heterocycles. The second-order valence-electron chi connectivity index (χ2n) is 3.91. The zero-order valence-corrected chi connectivity index (χ0v) is 13.9. The minimum absolute atomic E-state index is 0.0198. The minimum Gasteiger partial charge on any atom is -0.378 e. The molecule has 0 aromatic carbocycles. The molecule has 104 valence electrons. The lowest BCUT2D eigenvalue weighted by Gasteiger charge is -2.26. The molecule has 19 heavy (non-hydrogen) atoms. The van der Waals surface area contributed by atoms with Crippen LogP contribution in [0.5, 0.6) is 0 Å². The first-order chi connectivity index (χ1) is 9.08. The smallest absolute Gasteiger partial charge is 0.261 e. The molecule has 5 nitrogen and oxygen atoms in total. The molecular formula is C11H12Br2N2O3S. The van der Waals surface area contributed by atoms with Crippen molar-refractivity contribution in [3.63, 3.8) is 0 Å². The van der Waals surface area contributed by atoms with Gasteiger partial charge < -0.3 is 15.0 Å². The molecule has 0 atom stereocenters. The molecule has 0 saturated carbocycles. The van der Waals surface area contributed by atoms with E-state index in [0.29, 0.717) is 31.2 Å². The van der Waals surface area contributed by atoms with Crippen LogP contribution in [0, 0.1) is 0 Å². The molecule has 0 bridgehead atoms. The van der Waals surface area contributed by atoms with Gasteiger partial charge in [-0.25, -0.2) is 0 Å². The van der Waals surface area contributed by atoms with Gasteiger partial charge in [0.25, 0.3) is 5.91 Å². The first kappa shape index (κ1) is 15.0. The van der Waals surface area contributed by atoms with Crippen LogP contribution >= 0.6 is 43.2 Å². The van der Waals surface area contributed by atoms with E-state index in [4.69, 9.17) is 4.74 Å². The summed E-state index contributed by atoms with van der Waals surface area (Å²) in [6.45, 7) is 2.32. The van der Waals surface area contributed by atoms with Crippen LogP contribution in [0.15, 0.2) is 14.3 Å². The molecule has 2 heterocycles. The van der Waals surface area contributed by atoms with Crippen molar-refractivity contribution in [3.8, 4) is 0 Å². The fourth-order valence-electron chi connectivity index (χ4n) is 1.63. The summed E-state index contributed by atoms with van der Waals surface area (Å²) in [6, 6.07) is 1.73. The SMILES string of the molecule is O=C(NCC(=O)N1CCOCC1)c1cc(Br)c(Br)s1. The van der Waals surface area contributed by atoms with Crippen LogP contribution in [-0.2, 0) is 9.53 Å². The van der Waals surface area contributed by atoms with Gasteiger partial charge in [0.2, 0.25) is 5.91 Å². The molecule has 1 aliphatic heterocycles. The maximum atomic E-state index is 11.9. The molecule has 1 aromatic heterocycles. The van der Waals surface area contributed by atoms with Crippen molar-refractivity contribution in [2.24, 2.45) is 0 Å². The Balaban J connectivity index is 1.84. The first-order valence-corrected chi connectivity index (χ1v) is 8.06. The normalized spacial score (nSPS) is 15.4. The van der Waals surface area contributed by atoms with Gasteiger partial charge in [-0.05, 0) is 37.9 Å². The summed E-state index contributed by atoms with van der Waals surface area (Å²) in [5.41, 5.74) is 0. The third kappa shape index (κ3) is 4.01. The Morgan fingerprint density at radius 2 is 2.05 bits per heavy atom. The molecule has 0 spiro atoms. The largest absolute Gasteiger partial charge is 0.378 e. The fourth-order valence-corrected chi connectivity index (χ4v) is 3.58. The lowest BCUT2D eigenvalue weighted by Crippen LogP contribution is -2.45. The quantitative estimate of drug-likeness (QED) is 0.825. The van der Waals surface area contributed by atoms with Gasteiger partial charge in [-0.2, -0.15) is 0 Å². The second kappa shape index (κ2) is 6.83. The zero-order valence-electron chi connectivity index (χ0n) is 9.95. The number of ether oxygens (including phenoxy) is 1. The number of nitrogens with one attached hydrogen (secondary N) is 1. The first-order valence-electron chi connectivity index (χ1n) is 5.66. The second-order valence-corrected chi connectivity index (χ2v) is 7.13. The number of carbonyl (C=O) groups is 2. The molecule has 2 rings (SSSR count). The number of halogens is 2. The van der Waals surface area contributed by atoms with Gasteiger partial charge in [0, 0.05) is 17.6 Å². The molecule has 0 unspecified atom stereocenters. The highest BCUT2D eigenvalue weighted by Crippen LogP contribution is 2.32. The van der Waals surface area contributed by atoms with Gasteiger partial charge >= 0.3 is 0 Å². The van der Waals surface area contributed by atoms with E-state index < -0.39 is 0 Å². The lowest BCUT2D eigenvalue weighted by atomic mass is 10.4. The van der Waals surface area contributed by atoms with Crippen LogP contribution in [0.25, 0.3) is 0 Å². The summed E-state index contributed by atoms with van der Waals surface area (Å²) >= 11 is 7.97. The Labute approximate surface area is 131 Å². The van der Waals surface area contributed by atoms with Crippen LogP contribution in [0.4, 0.5) is 0 Å². The van der Waals surface area contributed by atoms with Gasteiger partial charge in [-0.3, -0.25) is 9.59 Å². The van der Waals surface area contributed by atoms with Gasteiger partial charge in [0.05, 0.1) is 28.4 Å². The number of thiophene rings is 1. The number of rotatable bonds is 3. The summed E-state index contributed by atoms with van der Waals surface area (Å²) < 4.78 is 6.86. The Morgan fingerprint density at radius 1 is 1.37 bits per heavy atom. The van der Waals surface area contributed by atoms with E-state index in [1.807, 2.05) is 0 Å². The highest BCUT2D eigenvalue weighted by Gasteiger charge is 2.18. The number of hydrogen-bond acceptors (Lipinski definition) is 4. The summed E-state index contributed by atoms with van der Waals surface area (Å²) in [7, 11) is 0. The maximum Gasteiger partial charge on any atom is 0.261 e. The third-order valence-electron chi connectivity index (χ3n) is 2.63. The minimum atomic E-state index is -0.238. The lowest BCUT2D eigenvalue weighted by molar-refractivity contribution is -0.134. The van der Waals surface area contributed by atoms with Gasteiger partial charge in [0.1, 0.15) is 0 Å².